The van der Waals surface area contributed by atoms with Crippen molar-refractivity contribution in [2.45, 2.75) is 19.8 Å². The molecule has 3 N–H and O–H groups in total. The van der Waals surface area contributed by atoms with Gasteiger partial charge in [-0.2, -0.15) is 0 Å². The number of hydrogen-bond acceptors (Lipinski definition) is 2. The van der Waals surface area contributed by atoms with E-state index in [1.807, 2.05) is 6.20 Å². The van der Waals surface area contributed by atoms with Crippen molar-refractivity contribution < 1.29 is 4.79 Å². The van der Waals surface area contributed by atoms with E-state index >= 15 is 0 Å². The third-order valence-electron chi connectivity index (χ3n) is 2.12. The molecule has 1 amide bonds. The van der Waals surface area contributed by atoms with E-state index in [9.17, 15) is 4.79 Å². The third kappa shape index (κ3) is 1.26. The summed E-state index contributed by atoms with van der Waals surface area (Å²) in [5, 5.41) is 0. The zero-order valence-electron chi connectivity index (χ0n) is 7.95. The number of nitrogens with one attached hydrogen (secondary N) is 1. The van der Waals surface area contributed by atoms with E-state index in [1.165, 1.54) is 0 Å². The second kappa shape index (κ2) is 3.17. The first-order chi connectivity index (χ1) is 6.72. The largest absolute Gasteiger partial charge is 0.364 e. The zero-order chi connectivity index (χ0) is 10.1. The third-order valence-corrected chi connectivity index (χ3v) is 2.12. The van der Waals surface area contributed by atoms with Crippen LogP contribution in [0.1, 0.15) is 29.5 Å². The molecule has 2 rings (SSSR count). The van der Waals surface area contributed by atoms with Crippen molar-refractivity contribution in [3.8, 4) is 0 Å². The first kappa shape index (κ1) is 8.80. The van der Waals surface area contributed by atoms with Gasteiger partial charge in [0, 0.05) is 11.9 Å². The SMILES string of the molecule is CCCc1cn2cnc(C(N)=O)c2[nH]1. The molecule has 0 saturated heterocycles. The van der Waals surface area contributed by atoms with Gasteiger partial charge in [-0.25, -0.2) is 4.98 Å². The quantitative estimate of drug-likeness (QED) is 0.751. The monoisotopic (exact) mass is 192 g/mol. The average molecular weight is 192 g/mol. The van der Waals surface area contributed by atoms with Gasteiger partial charge in [0.05, 0.1) is 0 Å². The highest BCUT2D eigenvalue weighted by Gasteiger charge is 2.11. The van der Waals surface area contributed by atoms with E-state index in [0.29, 0.717) is 11.3 Å². The van der Waals surface area contributed by atoms with E-state index in [1.54, 1.807) is 10.7 Å². The number of amides is 1. The minimum absolute atomic E-state index is 0.298. The molecular weight excluding hydrogens is 180 g/mol. The summed E-state index contributed by atoms with van der Waals surface area (Å²) in [5.74, 6) is -0.502. The maximum Gasteiger partial charge on any atom is 0.271 e. The highest BCUT2D eigenvalue weighted by molar-refractivity contribution is 5.96. The summed E-state index contributed by atoms with van der Waals surface area (Å²) in [6.07, 6.45) is 5.53. The lowest BCUT2D eigenvalue weighted by molar-refractivity contribution is 0.0997. The van der Waals surface area contributed by atoms with Crippen LogP contribution in [0.2, 0.25) is 0 Å². The van der Waals surface area contributed by atoms with Gasteiger partial charge in [-0.05, 0) is 6.42 Å². The summed E-state index contributed by atoms with van der Waals surface area (Å²) in [5.41, 5.74) is 7.24. The van der Waals surface area contributed by atoms with E-state index in [4.69, 9.17) is 5.73 Å². The molecule has 0 aliphatic heterocycles. The second-order valence-electron chi connectivity index (χ2n) is 3.24. The Kier molecular flexibility index (Phi) is 1.99. The molecule has 0 unspecified atom stereocenters. The number of aryl methyl sites for hydroxylation is 1. The highest BCUT2D eigenvalue weighted by atomic mass is 16.1. The van der Waals surface area contributed by atoms with Crippen molar-refractivity contribution >= 4 is 11.6 Å². The minimum Gasteiger partial charge on any atom is -0.364 e. The molecular formula is C9H12N4O. The number of hydrogen-bond donors (Lipinski definition) is 2. The van der Waals surface area contributed by atoms with Crippen LogP contribution in [-0.4, -0.2) is 20.3 Å². The van der Waals surface area contributed by atoms with E-state index in [2.05, 4.69) is 16.9 Å². The van der Waals surface area contributed by atoms with Crippen molar-refractivity contribution in [3.63, 3.8) is 0 Å². The van der Waals surface area contributed by atoms with Gasteiger partial charge in [0.25, 0.3) is 5.91 Å². The number of carbonyl (C=O) groups is 1. The fraction of sp³-hybridized carbons (Fsp3) is 0.333. The van der Waals surface area contributed by atoms with Crippen molar-refractivity contribution in [1.29, 1.82) is 0 Å². The lowest BCUT2D eigenvalue weighted by Crippen LogP contribution is -2.11. The Morgan fingerprint density at radius 1 is 1.71 bits per heavy atom. The van der Waals surface area contributed by atoms with Crippen molar-refractivity contribution in [2.75, 3.05) is 0 Å². The number of H-pyrrole nitrogens is 1. The molecule has 2 aromatic rings. The van der Waals surface area contributed by atoms with Gasteiger partial charge in [-0.15, -0.1) is 0 Å². The summed E-state index contributed by atoms with van der Waals surface area (Å²) >= 11 is 0. The summed E-state index contributed by atoms with van der Waals surface area (Å²) in [6.45, 7) is 2.10. The summed E-state index contributed by atoms with van der Waals surface area (Å²) in [6, 6.07) is 0. The molecule has 74 valence electrons. The van der Waals surface area contributed by atoms with Crippen LogP contribution < -0.4 is 5.73 Å². The predicted molar refractivity (Wildman–Crippen MR) is 52.1 cm³/mol. The molecule has 0 aliphatic carbocycles. The van der Waals surface area contributed by atoms with Crippen molar-refractivity contribution in [1.82, 2.24) is 14.4 Å². The van der Waals surface area contributed by atoms with E-state index < -0.39 is 5.91 Å². The molecule has 5 heteroatoms. The van der Waals surface area contributed by atoms with Crippen LogP contribution >= 0.6 is 0 Å². The smallest absolute Gasteiger partial charge is 0.271 e. The predicted octanol–water partition coefficient (Wildman–Crippen LogP) is 0.714. The van der Waals surface area contributed by atoms with Crippen LogP contribution in [0.4, 0.5) is 0 Å². The lowest BCUT2D eigenvalue weighted by atomic mass is 10.3. The number of aromatic nitrogens is 3. The van der Waals surface area contributed by atoms with Gasteiger partial charge < -0.3 is 10.7 Å². The molecule has 0 spiro atoms. The summed E-state index contributed by atoms with van der Waals surface area (Å²) in [7, 11) is 0. The number of nitrogens with zero attached hydrogens (tertiary/aromatic N) is 2. The topological polar surface area (TPSA) is 76.2 Å². The second-order valence-corrected chi connectivity index (χ2v) is 3.24. The average Bonchev–Trinajstić information content (AvgIpc) is 2.62. The van der Waals surface area contributed by atoms with Crippen LogP contribution in [0.3, 0.4) is 0 Å². The molecule has 0 aliphatic rings. The van der Waals surface area contributed by atoms with Crippen LogP contribution in [0, 0.1) is 0 Å². The van der Waals surface area contributed by atoms with Crippen LogP contribution in [0.25, 0.3) is 5.65 Å². The number of carbonyl (C=O) groups excluding carboxylic acids is 1. The number of fused-ring (bicyclic) bond motifs is 1. The highest BCUT2D eigenvalue weighted by Crippen LogP contribution is 2.10. The Morgan fingerprint density at radius 2 is 2.50 bits per heavy atom. The van der Waals surface area contributed by atoms with Crippen LogP contribution in [0.15, 0.2) is 12.5 Å². The van der Waals surface area contributed by atoms with E-state index in [-0.39, 0.29) is 0 Å². The maximum atomic E-state index is 11.0. The molecule has 5 nitrogen and oxygen atoms in total. The molecule has 0 atom stereocenters. The fourth-order valence-electron chi connectivity index (χ4n) is 1.51. The number of nitrogens with two attached hydrogens (primary N) is 1. The fourth-order valence-corrected chi connectivity index (χ4v) is 1.51. The standard InChI is InChI=1S/C9H12N4O/c1-2-3-6-4-13-5-11-7(8(10)14)9(13)12-6/h4-5,12H,2-3H2,1H3,(H2,10,14). The van der Waals surface area contributed by atoms with Crippen molar-refractivity contribution in [3.05, 3.63) is 23.9 Å². The van der Waals surface area contributed by atoms with Crippen molar-refractivity contribution in [2.24, 2.45) is 5.73 Å². The number of rotatable bonds is 3. The molecule has 0 fully saturated rings. The van der Waals surface area contributed by atoms with Gasteiger partial charge in [0.1, 0.15) is 12.0 Å². The van der Waals surface area contributed by atoms with Crippen LogP contribution in [0.5, 0.6) is 0 Å². The molecule has 2 heterocycles. The van der Waals surface area contributed by atoms with E-state index in [0.717, 1.165) is 18.5 Å². The van der Waals surface area contributed by atoms with Gasteiger partial charge in [-0.3, -0.25) is 9.20 Å². The maximum absolute atomic E-state index is 11.0. The first-order valence-electron chi connectivity index (χ1n) is 4.56. The Hall–Kier alpha value is -1.78. The Balaban J connectivity index is 2.50. The Morgan fingerprint density at radius 3 is 3.14 bits per heavy atom. The number of primary amides is 1. The number of imidazole rings is 2. The van der Waals surface area contributed by atoms with Gasteiger partial charge >= 0.3 is 0 Å². The molecule has 2 aromatic heterocycles. The molecule has 0 bridgehead atoms. The summed E-state index contributed by atoms with van der Waals surface area (Å²) in [4.78, 5) is 18.0. The Labute approximate surface area is 80.9 Å². The van der Waals surface area contributed by atoms with Crippen LogP contribution in [-0.2, 0) is 6.42 Å². The molecule has 0 radical (unpaired) electrons. The molecule has 14 heavy (non-hydrogen) atoms. The first-order valence-corrected chi connectivity index (χ1v) is 4.56. The minimum atomic E-state index is -0.502. The Bertz CT molecular complexity index is 468. The molecule has 0 saturated carbocycles. The van der Waals surface area contributed by atoms with Gasteiger partial charge in [0.2, 0.25) is 0 Å². The van der Waals surface area contributed by atoms with Gasteiger partial charge in [-0.1, -0.05) is 13.3 Å². The summed E-state index contributed by atoms with van der Waals surface area (Å²) < 4.78 is 1.78. The lowest BCUT2D eigenvalue weighted by Gasteiger charge is -1.90. The number of aromatic amines is 1. The normalized spacial score (nSPS) is 10.9. The van der Waals surface area contributed by atoms with Gasteiger partial charge in [0.15, 0.2) is 5.69 Å². The molecule has 0 aromatic carbocycles. The zero-order valence-corrected chi connectivity index (χ0v) is 7.95.